The van der Waals surface area contributed by atoms with Crippen LogP contribution in [0.1, 0.15) is 30.1 Å². The molecule has 0 bridgehead atoms. The lowest BCUT2D eigenvalue weighted by atomic mass is 10.1. The molecule has 1 amide bonds. The van der Waals surface area contributed by atoms with Crippen molar-refractivity contribution in [1.29, 1.82) is 0 Å². The summed E-state index contributed by atoms with van der Waals surface area (Å²) < 4.78 is 0. The number of hydrogen-bond donors (Lipinski definition) is 2. The first-order valence-electron chi connectivity index (χ1n) is 5.48. The van der Waals surface area contributed by atoms with Gasteiger partial charge in [0.05, 0.1) is 15.6 Å². The van der Waals surface area contributed by atoms with E-state index in [2.05, 4.69) is 5.32 Å². The smallest absolute Gasteiger partial charge is 0.253 e. The largest absolute Gasteiger partial charge is 0.393 e. The van der Waals surface area contributed by atoms with Crippen LogP contribution in [0.15, 0.2) is 18.2 Å². The van der Waals surface area contributed by atoms with Gasteiger partial charge in [-0.25, -0.2) is 0 Å². The predicted molar refractivity (Wildman–Crippen MR) is 79.4 cm³/mol. The molecule has 3 N–H and O–H groups in total. The van der Waals surface area contributed by atoms with Crippen LogP contribution in [-0.2, 0) is 0 Å². The maximum absolute atomic E-state index is 12.0. The monoisotopic (exact) mass is 304 g/mol. The number of halogens is 2. The van der Waals surface area contributed by atoms with Gasteiger partial charge in [-0.3, -0.25) is 4.79 Å². The predicted octanol–water partition coefficient (Wildman–Crippen LogP) is 3.18. The lowest BCUT2D eigenvalue weighted by Gasteiger charge is -2.16. The van der Waals surface area contributed by atoms with Gasteiger partial charge < -0.3 is 11.1 Å². The van der Waals surface area contributed by atoms with Crippen LogP contribution < -0.4 is 11.1 Å². The first kappa shape index (κ1) is 15.2. The number of nitrogens with two attached hydrogens (primary N) is 1. The van der Waals surface area contributed by atoms with Crippen molar-refractivity contribution in [3.63, 3.8) is 0 Å². The van der Waals surface area contributed by atoms with Gasteiger partial charge in [0.25, 0.3) is 5.91 Å². The van der Waals surface area contributed by atoms with E-state index < -0.39 is 0 Å². The number of hydrogen-bond acceptors (Lipinski definition) is 2. The zero-order valence-corrected chi connectivity index (χ0v) is 12.2. The zero-order valence-electron chi connectivity index (χ0n) is 9.87. The molecular weight excluding hydrogens is 291 g/mol. The summed E-state index contributed by atoms with van der Waals surface area (Å²) in [6, 6.07) is 4.66. The molecular formula is C12H14Cl2N2OS. The summed E-state index contributed by atoms with van der Waals surface area (Å²) in [5, 5.41) is 3.66. The number of carbonyl (C=O) groups is 1. The van der Waals surface area contributed by atoms with E-state index in [0.717, 1.165) is 6.42 Å². The standard InChI is InChI=1S/C12H14Cl2N2OS/c1-2-8(6-11(15)18)16-12(17)9-5-7(13)3-4-10(9)14/h3-5,8H,2,6H2,1H3,(H2,15,18)(H,16,17). The van der Waals surface area contributed by atoms with Crippen molar-refractivity contribution in [3.8, 4) is 0 Å². The number of nitrogens with one attached hydrogen (secondary N) is 1. The second-order valence-corrected chi connectivity index (χ2v) is 5.24. The quantitative estimate of drug-likeness (QED) is 0.822. The van der Waals surface area contributed by atoms with E-state index in [4.69, 9.17) is 41.2 Å². The average molecular weight is 305 g/mol. The molecule has 3 nitrogen and oxygen atoms in total. The molecule has 0 aliphatic carbocycles. The van der Waals surface area contributed by atoms with Gasteiger partial charge in [-0.05, 0) is 24.6 Å². The number of thiocarbonyl (C=S) groups is 1. The van der Waals surface area contributed by atoms with Crippen LogP contribution in [0.2, 0.25) is 10.0 Å². The molecule has 0 spiro atoms. The van der Waals surface area contributed by atoms with Gasteiger partial charge in [-0.2, -0.15) is 0 Å². The van der Waals surface area contributed by atoms with Gasteiger partial charge in [-0.1, -0.05) is 42.3 Å². The second kappa shape index (κ2) is 6.92. The lowest BCUT2D eigenvalue weighted by molar-refractivity contribution is 0.0937. The van der Waals surface area contributed by atoms with Crippen molar-refractivity contribution in [2.75, 3.05) is 0 Å². The second-order valence-electron chi connectivity index (χ2n) is 3.87. The van der Waals surface area contributed by atoms with Crippen LogP contribution in [0.4, 0.5) is 0 Å². The normalized spacial score (nSPS) is 11.9. The molecule has 6 heteroatoms. The summed E-state index contributed by atoms with van der Waals surface area (Å²) in [5.74, 6) is -0.273. The van der Waals surface area contributed by atoms with Gasteiger partial charge in [0.2, 0.25) is 0 Å². The van der Waals surface area contributed by atoms with Crippen LogP contribution in [0.25, 0.3) is 0 Å². The Balaban J connectivity index is 2.80. The Morgan fingerprint density at radius 2 is 2.17 bits per heavy atom. The number of benzene rings is 1. The van der Waals surface area contributed by atoms with E-state index in [1.54, 1.807) is 12.1 Å². The van der Waals surface area contributed by atoms with Crippen molar-refractivity contribution >= 4 is 46.3 Å². The molecule has 1 aromatic carbocycles. The molecule has 1 atom stereocenters. The third-order valence-electron chi connectivity index (χ3n) is 2.45. The van der Waals surface area contributed by atoms with Gasteiger partial charge in [0.15, 0.2) is 0 Å². The van der Waals surface area contributed by atoms with E-state index in [1.807, 2.05) is 6.92 Å². The highest BCUT2D eigenvalue weighted by atomic mass is 35.5. The highest BCUT2D eigenvalue weighted by molar-refractivity contribution is 7.80. The third-order valence-corrected chi connectivity index (χ3v) is 3.18. The van der Waals surface area contributed by atoms with E-state index in [1.165, 1.54) is 6.07 Å². The Morgan fingerprint density at radius 3 is 2.72 bits per heavy atom. The molecule has 18 heavy (non-hydrogen) atoms. The van der Waals surface area contributed by atoms with E-state index in [0.29, 0.717) is 27.0 Å². The van der Waals surface area contributed by atoms with Crippen molar-refractivity contribution in [3.05, 3.63) is 33.8 Å². The Hall–Kier alpha value is -0.840. The Morgan fingerprint density at radius 1 is 1.50 bits per heavy atom. The molecule has 0 aliphatic heterocycles. The van der Waals surface area contributed by atoms with Crippen LogP contribution in [0, 0.1) is 0 Å². The van der Waals surface area contributed by atoms with Gasteiger partial charge in [0.1, 0.15) is 0 Å². The fraction of sp³-hybridized carbons (Fsp3) is 0.333. The average Bonchev–Trinajstić information content (AvgIpc) is 2.30. The molecule has 98 valence electrons. The van der Waals surface area contributed by atoms with Gasteiger partial charge >= 0.3 is 0 Å². The van der Waals surface area contributed by atoms with Crippen LogP contribution in [0.5, 0.6) is 0 Å². The third kappa shape index (κ3) is 4.44. The van der Waals surface area contributed by atoms with E-state index >= 15 is 0 Å². The van der Waals surface area contributed by atoms with Crippen molar-refractivity contribution in [2.24, 2.45) is 5.73 Å². The highest BCUT2D eigenvalue weighted by Crippen LogP contribution is 2.20. The summed E-state index contributed by atoms with van der Waals surface area (Å²) >= 11 is 16.6. The van der Waals surface area contributed by atoms with E-state index in [-0.39, 0.29) is 11.9 Å². The van der Waals surface area contributed by atoms with Crippen LogP contribution >= 0.6 is 35.4 Å². The SMILES string of the molecule is CCC(CC(N)=S)NC(=O)c1cc(Cl)ccc1Cl. The molecule has 1 unspecified atom stereocenters. The molecule has 0 heterocycles. The number of carbonyl (C=O) groups excluding carboxylic acids is 1. The molecule has 1 rings (SSSR count). The summed E-state index contributed by atoms with van der Waals surface area (Å²) in [4.78, 5) is 12.4. The Bertz CT molecular complexity index is 465. The molecule has 1 aromatic rings. The molecule has 0 radical (unpaired) electrons. The Kier molecular flexibility index (Phi) is 5.85. The van der Waals surface area contributed by atoms with Crippen LogP contribution in [-0.4, -0.2) is 16.9 Å². The molecule has 0 aromatic heterocycles. The maximum Gasteiger partial charge on any atom is 0.253 e. The molecule has 0 aliphatic rings. The maximum atomic E-state index is 12.0. The van der Waals surface area contributed by atoms with E-state index in [9.17, 15) is 4.79 Å². The zero-order chi connectivity index (χ0) is 13.7. The summed E-state index contributed by atoms with van der Waals surface area (Å²) in [6.45, 7) is 1.95. The lowest BCUT2D eigenvalue weighted by Crippen LogP contribution is -2.37. The summed E-state index contributed by atoms with van der Waals surface area (Å²) in [7, 11) is 0. The number of rotatable bonds is 5. The van der Waals surface area contributed by atoms with Gasteiger partial charge in [0, 0.05) is 17.5 Å². The summed E-state index contributed by atoms with van der Waals surface area (Å²) in [5.41, 5.74) is 5.82. The fourth-order valence-corrected chi connectivity index (χ4v) is 2.05. The fourth-order valence-electron chi connectivity index (χ4n) is 1.47. The molecule has 0 fully saturated rings. The first-order chi connectivity index (χ1) is 8.43. The van der Waals surface area contributed by atoms with Crippen molar-refractivity contribution in [2.45, 2.75) is 25.8 Å². The van der Waals surface area contributed by atoms with Gasteiger partial charge in [-0.15, -0.1) is 0 Å². The molecule has 0 saturated carbocycles. The van der Waals surface area contributed by atoms with Crippen molar-refractivity contribution < 1.29 is 4.79 Å². The Labute approximate surface area is 122 Å². The molecule has 0 saturated heterocycles. The first-order valence-corrected chi connectivity index (χ1v) is 6.64. The minimum atomic E-state index is -0.273. The minimum Gasteiger partial charge on any atom is -0.393 e. The summed E-state index contributed by atoms with van der Waals surface area (Å²) in [6.07, 6.45) is 1.21. The minimum absolute atomic E-state index is 0.0925. The van der Waals surface area contributed by atoms with Crippen molar-refractivity contribution in [1.82, 2.24) is 5.32 Å². The van der Waals surface area contributed by atoms with Crippen LogP contribution in [0.3, 0.4) is 0 Å². The number of amides is 1. The highest BCUT2D eigenvalue weighted by Gasteiger charge is 2.15. The topological polar surface area (TPSA) is 55.1 Å².